The smallest absolute Gasteiger partial charge is 0.0931 e. The summed E-state index contributed by atoms with van der Waals surface area (Å²) in [5.74, 6) is 0. The number of nitrogens with zero attached hydrogens (tertiary/aromatic N) is 1. The third-order valence-electron chi connectivity index (χ3n) is 1.69. The molecule has 1 heterocycles. The van der Waals surface area contributed by atoms with Gasteiger partial charge < -0.3 is 4.98 Å². The molecule has 0 amide bonds. The molecule has 1 aromatic heterocycles. The maximum atomic E-state index is 5.83. The van der Waals surface area contributed by atoms with E-state index in [9.17, 15) is 0 Å². The Morgan fingerprint density at radius 1 is 1.45 bits per heavy atom. The third kappa shape index (κ3) is 0.994. The van der Waals surface area contributed by atoms with Crippen LogP contribution in [0.4, 0.5) is 0 Å². The molecule has 2 aromatic rings. The van der Waals surface area contributed by atoms with Crippen molar-refractivity contribution in [2.75, 3.05) is 0 Å². The number of rotatable bonds is 0. The Bertz CT molecular complexity index is 392. The highest BCUT2D eigenvalue weighted by Gasteiger charge is 1.99. The highest BCUT2D eigenvalue weighted by Crippen LogP contribution is 2.19. The topological polar surface area (TPSA) is 28.7 Å². The maximum Gasteiger partial charge on any atom is 0.0931 e. The highest BCUT2D eigenvalue weighted by atomic mass is 35.5. The van der Waals surface area contributed by atoms with Gasteiger partial charge in [-0.05, 0) is 24.6 Å². The molecule has 0 saturated carbocycles. The molecule has 1 aromatic carbocycles. The molecule has 0 aliphatic rings. The van der Waals surface area contributed by atoms with E-state index in [-0.39, 0.29) is 0 Å². The monoisotopic (exact) mass is 166 g/mol. The molecule has 0 radical (unpaired) electrons. The van der Waals surface area contributed by atoms with Crippen LogP contribution in [0, 0.1) is 6.92 Å². The molecule has 0 unspecified atom stereocenters. The number of benzene rings is 1. The van der Waals surface area contributed by atoms with Gasteiger partial charge in [-0.1, -0.05) is 11.6 Å². The summed E-state index contributed by atoms with van der Waals surface area (Å²) in [7, 11) is 0. The predicted molar refractivity (Wildman–Crippen MR) is 45.8 cm³/mol. The number of H-pyrrole nitrogens is 1. The molecule has 0 atom stereocenters. The first-order valence-corrected chi connectivity index (χ1v) is 3.74. The summed E-state index contributed by atoms with van der Waals surface area (Å²) in [5, 5.41) is 0.738. The summed E-state index contributed by atoms with van der Waals surface area (Å²) in [5.41, 5.74) is 3.12. The molecule has 2 rings (SSSR count). The lowest BCUT2D eigenvalue weighted by Crippen LogP contribution is -1.76. The van der Waals surface area contributed by atoms with E-state index in [1.807, 2.05) is 19.1 Å². The van der Waals surface area contributed by atoms with Crippen LogP contribution >= 0.6 is 11.6 Å². The molecule has 2 nitrogen and oxygen atoms in total. The summed E-state index contributed by atoms with van der Waals surface area (Å²) in [6.07, 6.45) is 1.67. The minimum Gasteiger partial charge on any atom is -0.344 e. The van der Waals surface area contributed by atoms with Gasteiger partial charge in [0.1, 0.15) is 0 Å². The Morgan fingerprint density at radius 3 is 3.09 bits per heavy atom. The number of halogens is 1. The van der Waals surface area contributed by atoms with Crippen LogP contribution in [-0.2, 0) is 0 Å². The number of aromatic nitrogens is 2. The molecule has 0 aliphatic carbocycles. The fraction of sp³-hybridized carbons (Fsp3) is 0.125. The van der Waals surface area contributed by atoms with E-state index in [1.165, 1.54) is 0 Å². The fourth-order valence-electron chi connectivity index (χ4n) is 1.18. The fourth-order valence-corrected chi connectivity index (χ4v) is 1.45. The van der Waals surface area contributed by atoms with Crippen LogP contribution in [0.3, 0.4) is 0 Å². The van der Waals surface area contributed by atoms with Gasteiger partial charge in [-0.15, -0.1) is 0 Å². The van der Waals surface area contributed by atoms with Crippen LogP contribution in [0.2, 0.25) is 5.02 Å². The van der Waals surface area contributed by atoms with E-state index in [1.54, 1.807) is 6.33 Å². The van der Waals surface area contributed by atoms with E-state index < -0.39 is 0 Å². The summed E-state index contributed by atoms with van der Waals surface area (Å²) < 4.78 is 0. The van der Waals surface area contributed by atoms with Gasteiger partial charge in [0.15, 0.2) is 0 Å². The zero-order valence-electron chi connectivity index (χ0n) is 6.06. The Morgan fingerprint density at radius 2 is 2.27 bits per heavy atom. The van der Waals surface area contributed by atoms with Gasteiger partial charge in [-0.25, -0.2) is 4.98 Å². The predicted octanol–water partition coefficient (Wildman–Crippen LogP) is 2.52. The van der Waals surface area contributed by atoms with Crippen molar-refractivity contribution in [3.63, 3.8) is 0 Å². The zero-order chi connectivity index (χ0) is 7.84. The van der Waals surface area contributed by atoms with Crippen molar-refractivity contribution in [3.05, 3.63) is 29.0 Å². The average molecular weight is 167 g/mol. The van der Waals surface area contributed by atoms with Gasteiger partial charge in [0, 0.05) is 5.02 Å². The van der Waals surface area contributed by atoms with E-state index in [0.29, 0.717) is 0 Å². The van der Waals surface area contributed by atoms with Crippen molar-refractivity contribution in [1.82, 2.24) is 9.97 Å². The van der Waals surface area contributed by atoms with Crippen LogP contribution in [0.25, 0.3) is 11.0 Å². The van der Waals surface area contributed by atoms with Crippen LogP contribution in [0.15, 0.2) is 18.5 Å². The summed E-state index contributed by atoms with van der Waals surface area (Å²) >= 11 is 5.83. The second-order valence-corrected chi connectivity index (χ2v) is 2.96. The molecule has 0 saturated heterocycles. The van der Waals surface area contributed by atoms with Crippen molar-refractivity contribution < 1.29 is 0 Å². The number of aryl methyl sites for hydroxylation is 1. The lowest BCUT2D eigenvalue weighted by atomic mass is 10.2. The standard InChI is InChI=1S/C8H7ClN2/c1-5-2-6(9)3-7-8(5)11-4-10-7/h2-4H,1H3,(H,10,11). The SMILES string of the molecule is Cc1cc(Cl)cc2nc[nH]c12. The zero-order valence-corrected chi connectivity index (χ0v) is 6.81. The van der Waals surface area contributed by atoms with Gasteiger partial charge >= 0.3 is 0 Å². The first kappa shape index (κ1) is 6.68. The second kappa shape index (κ2) is 2.24. The molecule has 0 fully saturated rings. The molecule has 0 spiro atoms. The molecule has 3 heteroatoms. The summed E-state index contributed by atoms with van der Waals surface area (Å²) in [6.45, 7) is 2.01. The summed E-state index contributed by atoms with van der Waals surface area (Å²) in [6, 6.07) is 3.77. The molecule has 56 valence electrons. The normalized spacial score (nSPS) is 10.7. The Kier molecular flexibility index (Phi) is 1.36. The largest absolute Gasteiger partial charge is 0.344 e. The van der Waals surface area contributed by atoms with Gasteiger partial charge in [-0.3, -0.25) is 0 Å². The first-order chi connectivity index (χ1) is 5.27. The molecular weight excluding hydrogens is 160 g/mol. The lowest BCUT2D eigenvalue weighted by molar-refractivity contribution is 1.34. The van der Waals surface area contributed by atoms with Crippen molar-refractivity contribution in [3.8, 4) is 0 Å². The van der Waals surface area contributed by atoms with Crippen molar-refractivity contribution in [1.29, 1.82) is 0 Å². The Hall–Kier alpha value is -1.02. The first-order valence-electron chi connectivity index (χ1n) is 3.36. The quantitative estimate of drug-likeness (QED) is 0.640. The number of fused-ring (bicyclic) bond motifs is 1. The van der Waals surface area contributed by atoms with Crippen molar-refractivity contribution in [2.24, 2.45) is 0 Å². The van der Waals surface area contributed by atoms with E-state index in [2.05, 4.69) is 9.97 Å². The molecule has 11 heavy (non-hydrogen) atoms. The van der Waals surface area contributed by atoms with E-state index >= 15 is 0 Å². The van der Waals surface area contributed by atoms with Gasteiger partial charge in [-0.2, -0.15) is 0 Å². The highest BCUT2D eigenvalue weighted by molar-refractivity contribution is 6.31. The van der Waals surface area contributed by atoms with Crippen LogP contribution in [-0.4, -0.2) is 9.97 Å². The second-order valence-electron chi connectivity index (χ2n) is 2.52. The molecule has 0 aliphatic heterocycles. The van der Waals surface area contributed by atoms with Crippen molar-refractivity contribution in [2.45, 2.75) is 6.92 Å². The number of hydrogen-bond donors (Lipinski definition) is 1. The Labute approximate surface area is 69.2 Å². The number of hydrogen-bond acceptors (Lipinski definition) is 1. The van der Waals surface area contributed by atoms with Gasteiger partial charge in [0.25, 0.3) is 0 Å². The van der Waals surface area contributed by atoms with E-state index in [4.69, 9.17) is 11.6 Å². The average Bonchev–Trinajstić information content (AvgIpc) is 2.34. The molecule has 1 N–H and O–H groups in total. The number of aromatic amines is 1. The number of nitrogens with one attached hydrogen (secondary N) is 1. The van der Waals surface area contributed by atoms with Crippen LogP contribution < -0.4 is 0 Å². The van der Waals surface area contributed by atoms with Crippen LogP contribution in [0.5, 0.6) is 0 Å². The summed E-state index contributed by atoms with van der Waals surface area (Å²) in [4.78, 5) is 7.15. The minimum atomic E-state index is 0.738. The lowest BCUT2D eigenvalue weighted by Gasteiger charge is -1.94. The molecule has 0 bridgehead atoms. The number of imidazole rings is 1. The van der Waals surface area contributed by atoms with Crippen LogP contribution in [0.1, 0.15) is 5.56 Å². The van der Waals surface area contributed by atoms with Gasteiger partial charge in [0.05, 0.1) is 17.4 Å². The Balaban J connectivity index is 2.91. The van der Waals surface area contributed by atoms with Crippen molar-refractivity contribution >= 4 is 22.6 Å². The maximum absolute atomic E-state index is 5.83. The minimum absolute atomic E-state index is 0.738. The molecular formula is C8H7ClN2. The van der Waals surface area contributed by atoms with E-state index in [0.717, 1.165) is 21.6 Å². The third-order valence-corrected chi connectivity index (χ3v) is 1.91. The van der Waals surface area contributed by atoms with Gasteiger partial charge in [0.2, 0.25) is 0 Å².